The molecule has 4 nitrogen and oxygen atoms in total. The quantitative estimate of drug-likeness (QED) is 0.434. The van der Waals surface area contributed by atoms with Crippen molar-refractivity contribution in [3.8, 4) is 5.75 Å². The molecule has 0 aliphatic heterocycles. The molecule has 29 heavy (non-hydrogen) atoms. The van der Waals surface area contributed by atoms with E-state index in [1.54, 1.807) is 12.4 Å². The van der Waals surface area contributed by atoms with E-state index in [-0.39, 0.29) is 18.9 Å². The van der Waals surface area contributed by atoms with Crippen molar-refractivity contribution in [1.82, 2.24) is 9.97 Å². The highest BCUT2D eigenvalue weighted by Crippen LogP contribution is 2.37. The summed E-state index contributed by atoms with van der Waals surface area (Å²) in [4.78, 5) is 7.15. The molecular weight excluding hydrogens is 379 g/mol. The molecule has 0 unspecified atom stereocenters. The van der Waals surface area contributed by atoms with Gasteiger partial charge in [0.25, 0.3) is 0 Å². The van der Waals surface area contributed by atoms with Gasteiger partial charge in [0.15, 0.2) is 0 Å². The number of aromatic amines is 1. The fourth-order valence-corrected chi connectivity index (χ4v) is 3.02. The van der Waals surface area contributed by atoms with Crippen LogP contribution in [-0.2, 0) is 19.3 Å². The summed E-state index contributed by atoms with van der Waals surface area (Å²) in [6.45, 7) is 0.327. The third-order valence-corrected chi connectivity index (χ3v) is 4.50. The maximum atomic E-state index is 13.5. The van der Waals surface area contributed by atoms with Crippen LogP contribution in [0.1, 0.15) is 16.7 Å². The minimum absolute atomic E-state index is 0.0751. The summed E-state index contributed by atoms with van der Waals surface area (Å²) in [5.41, 5.74) is 3.01. The van der Waals surface area contributed by atoms with Gasteiger partial charge in [0, 0.05) is 12.2 Å². The largest absolute Gasteiger partial charge is 0.488 e. The molecule has 1 aromatic heterocycles. The Morgan fingerprint density at radius 3 is 2.55 bits per heavy atom. The van der Waals surface area contributed by atoms with Crippen molar-refractivity contribution in [2.45, 2.75) is 19.3 Å². The van der Waals surface area contributed by atoms with Crippen LogP contribution in [0, 0.1) is 0 Å². The number of alkyl halides is 3. The summed E-state index contributed by atoms with van der Waals surface area (Å²) in [7, 11) is 0. The Labute approximate surface area is 165 Å². The highest BCUT2D eigenvalue weighted by molar-refractivity contribution is 5.78. The summed E-state index contributed by atoms with van der Waals surface area (Å²) in [5.74, 6) is -0.177. The van der Waals surface area contributed by atoms with Crippen LogP contribution in [0.5, 0.6) is 5.75 Å². The predicted octanol–water partition coefficient (Wildman–Crippen LogP) is 5.77. The smallest absolute Gasteiger partial charge is 0.419 e. The number of imidazole rings is 1. The summed E-state index contributed by atoms with van der Waals surface area (Å²) in [6.07, 6.45) is -2.91. The van der Waals surface area contributed by atoms with Gasteiger partial charge in [-0.2, -0.15) is 13.2 Å². The number of nitrogens with one attached hydrogen (secondary N) is 2. The van der Waals surface area contributed by atoms with Gasteiger partial charge >= 0.3 is 6.18 Å². The molecular formula is C22H18F3N3O. The van der Waals surface area contributed by atoms with E-state index in [2.05, 4.69) is 15.3 Å². The van der Waals surface area contributed by atoms with E-state index in [4.69, 9.17) is 4.74 Å². The van der Waals surface area contributed by atoms with Gasteiger partial charge in [-0.15, -0.1) is 0 Å². The number of fused-ring (bicyclic) bond motifs is 1. The van der Waals surface area contributed by atoms with Gasteiger partial charge in [-0.25, -0.2) is 4.98 Å². The molecule has 7 heteroatoms. The number of H-pyrrole nitrogens is 1. The second-order valence-corrected chi connectivity index (χ2v) is 6.59. The first-order valence-corrected chi connectivity index (χ1v) is 9.03. The fraction of sp³-hybridized carbons (Fsp3) is 0.136. The van der Waals surface area contributed by atoms with E-state index in [0.29, 0.717) is 5.56 Å². The third-order valence-electron chi connectivity index (χ3n) is 4.50. The molecule has 4 rings (SSSR count). The number of anilines is 1. The van der Waals surface area contributed by atoms with Crippen molar-refractivity contribution in [2.75, 3.05) is 5.32 Å². The molecule has 0 amide bonds. The molecule has 3 aromatic carbocycles. The van der Waals surface area contributed by atoms with Crippen LogP contribution >= 0.6 is 0 Å². The Hall–Kier alpha value is -3.48. The lowest BCUT2D eigenvalue weighted by molar-refractivity contribution is -0.139. The van der Waals surface area contributed by atoms with E-state index in [0.717, 1.165) is 28.4 Å². The average molecular weight is 397 g/mol. The Morgan fingerprint density at radius 2 is 1.76 bits per heavy atom. The van der Waals surface area contributed by atoms with Gasteiger partial charge in [-0.1, -0.05) is 36.4 Å². The lowest BCUT2D eigenvalue weighted by Crippen LogP contribution is -2.10. The molecule has 0 saturated heterocycles. The first-order valence-electron chi connectivity index (χ1n) is 9.03. The van der Waals surface area contributed by atoms with E-state index < -0.39 is 11.7 Å². The fourth-order valence-electron chi connectivity index (χ4n) is 3.02. The van der Waals surface area contributed by atoms with Gasteiger partial charge in [0.2, 0.25) is 0 Å². The number of halogens is 3. The topological polar surface area (TPSA) is 49.9 Å². The van der Waals surface area contributed by atoms with Crippen LogP contribution in [-0.4, -0.2) is 9.97 Å². The highest BCUT2D eigenvalue weighted by atomic mass is 19.4. The lowest BCUT2D eigenvalue weighted by atomic mass is 10.1. The minimum Gasteiger partial charge on any atom is -0.488 e. The molecule has 0 radical (unpaired) electrons. The number of rotatable bonds is 6. The predicted molar refractivity (Wildman–Crippen MR) is 106 cm³/mol. The second-order valence-electron chi connectivity index (χ2n) is 6.59. The zero-order valence-electron chi connectivity index (χ0n) is 15.3. The van der Waals surface area contributed by atoms with Crippen molar-refractivity contribution in [1.29, 1.82) is 0 Å². The third kappa shape index (κ3) is 4.51. The average Bonchev–Trinajstić information content (AvgIpc) is 3.19. The summed E-state index contributed by atoms with van der Waals surface area (Å²) >= 11 is 0. The van der Waals surface area contributed by atoms with Crippen molar-refractivity contribution in [3.63, 3.8) is 0 Å². The first-order chi connectivity index (χ1) is 14.0. The van der Waals surface area contributed by atoms with Gasteiger partial charge < -0.3 is 15.0 Å². The normalized spacial score (nSPS) is 11.6. The van der Waals surface area contributed by atoms with Crippen LogP contribution in [0.15, 0.2) is 73.1 Å². The monoisotopic (exact) mass is 397 g/mol. The van der Waals surface area contributed by atoms with Crippen molar-refractivity contribution < 1.29 is 17.9 Å². The SMILES string of the molecule is FC(F)(F)c1cc(CNc2ccc3nc[nH]c3c2)ccc1OCc1ccccc1. The Kier molecular flexibility index (Phi) is 5.12. The molecule has 0 fully saturated rings. The molecule has 0 aliphatic rings. The van der Waals surface area contributed by atoms with Crippen molar-refractivity contribution >= 4 is 16.7 Å². The molecule has 2 N–H and O–H groups in total. The molecule has 0 spiro atoms. The Morgan fingerprint density at radius 1 is 0.931 bits per heavy atom. The summed E-state index contributed by atoms with van der Waals surface area (Å²) < 4.78 is 46.1. The molecule has 4 aromatic rings. The second kappa shape index (κ2) is 7.87. The van der Waals surface area contributed by atoms with Crippen LogP contribution in [0.4, 0.5) is 18.9 Å². The van der Waals surface area contributed by atoms with E-state index in [1.807, 2.05) is 48.5 Å². The Bertz CT molecular complexity index is 1110. The lowest BCUT2D eigenvalue weighted by Gasteiger charge is -2.16. The minimum atomic E-state index is -4.50. The zero-order chi connectivity index (χ0) is 20.3. The van der Waals surface area contributed by atoms with Gasteiger partial charge in [0.1, 0.15) is 12.4 Å². The van der Waals surface area contributed by atoms with Gasteiger partial charge in [-0.3, -0.25) is 0 Å². The van der Waals surface area contributed by atoms with E-state index in [9.17, 15) is 13.2 Å². The van der Waals surface area contributed by atoms with Crippen LogP contribution in [0.2, 0.25) is 0 Å². The van der Waals surface area contributed by atoms with E-state index >= 15 is 0 Å². The highest BCUT2D eigenvalue weighted by Gasteiger charge is 2.34. The van der Waals surface area contributed by atoms with Crippen LogP contribution < -0.4 is 10.1 Å². The van der Waals surface area contributed by atoms with Gasteiger partial charge in [0.05, 0.1) is 22.9 Å². The summed E-state index contributed by atoms with van der Waals surface area (Å²) in [5, 5.41) is 3.14. The number of nitrogens with zero attached hydrogens (tertiary/aromatic N) is 1. The molecule has 0 bridgehead atoms. The zero-order valence-corrected chi connectivity index (χ0v) is 15.3. The van der Waals surface area contributed by atoms with E-state index in [1.165, 1.54) is 6.07 Å². The van der Waals surface area contributed by atoms with Crippen LogP contribution in [0.3, 0.4) is 0 Å². The van der Waals surface area contributed by atoms with Crippen molar-refractivity contribution in [2.24, 2.45) is 0 Å². The number of ether oxygens (including phenoxy) is 1. The molecule has 0 atom stereocenters. The number of hydrogen-bond donors (Lipinski definition) is 2. The Balaban J connectivity index is 1.50. The van der Waals surface area contributed by atoms with Gasteiger partial charge in [-0.05, 0) is 41.5 Å². The summed E-state index contributed by atoms with van der Waals surface area (Å²) in [6, 6.07) is 18.8. The first kappa shape index (κ1) is 18.9. The number of hydrogen-bond acceptors (Lipinski definition) is 3. The van der Waals surface area contributed by atoms with Crippen molar-refractivity contribution in [3.05, 3.63) is 89.7 Å². The number of aromatic nitrogens is 2. The standard InChI is InChI=1S/C22H18F3N3O/c23-22(24,25)18-10-16(6-9-21(18)29-13-15-4-2-1-3-5-15)12-26-17-7-8-19-20(11-17)28-14-27-19/h1-11,14,26H,12-13H2,(H,27,28). The maximum absolute atomic E-state index is 13.5. The molecule has 148 valence electrons. The molecule has 1 heterocycles. The van der Waals surface area contributed by atoms with Crippen LogP contribution in [0.25, 0.3) is 11.0 Å². The molecule has 0 saturated carbocycles. The molecule has 0 aliphatic carbocycles. The maximum Gasteiger partial charge on any atom is 0.419 e. The number of benzene rings is 3.